The molecule has 0 bridgehead atoms. The number of anilines is 3. The molecule has 0 fully saturated rings. The number of nitrogens with two attached hydrogens (primary N) is 1. The lowest BCUT2D eigenvalue weighted by molar-refractivity contribution is -0.115. The molecule has 4 nitrogen and oxygen atoms in total. The summed E-state index contributed by atoms with van der Waals surface area (Å²) in [6.45, 7) is 1.93. The van der Waals surface area contributed by atoms with Gasteiger partial charge in [0.05, 0.1) is 17.8 Å². The molecule has 0 aliphatic carbocycles. The summed E-state index contributed by atoms with van der Waals surface area (Å²) >= 11 is 0. The second-order valence-corrected chi connectivity index (χ2v) is 5.24. The van der Waals surface area contributed by atoms with Gasteiger partial charge in [0.2, 0.25) is 5.91 Å². The van der Waals surface area contributed by atoms with Crippen molar-refractivity contribution in [3.8, 4) is 0 Å². The number of amides is 1. The molecule has 5 heteroatoms. The van der Waals surface area contributed by atoms with E-state index in [0.29, 0.717) is 12.1 Å². The summed E-state index contributed by atoms with van der Waals surface area (Å²) in [5.74, 6) is -0.296. The SMILES string of the molecule is CC(Nc1cc2c(cc1N)CC(=O)N2)c1cccc(F)c1. The molecule has 1 unspecified atom stereocenters. The highest BCUT2D eigenvalue weighted by atomic mass is 19.1. The first-order valence-corrected chi connectivity index (χ1v) is 6.77. The molecule has 0 spiro atoms. The molecule has 0 saturated heterocycles. The topological polar surface area (TPSA) is 67.1 Å². The van der Waals surface area contributed by atoms with Gasteiger partial charge in [-0.3, -0.25) is 4.79 Å². The van der Waals surface area contributed by atoms with Crippen LogP contribution in [0.2, 0.25) is 0 Å². The number of carbonyl (C=O) groups is 1. The van der Waals surface area contributed by atoms with Crippen LogP contribution in [0.5, 0.6) is 0 Å². The first-order valence-electron chi connectivity index (χ1n) is 6.77. The molecule has 3 rings (SSSR count). The minimum atomic E-state index is -0.268. The van der Waals surface area contributed by atoms with Crippen molar-refractivity contribution in [3.05, 3.63) is 53.3 Å². The van der Waals surface area contributed by atoms with E-state index in [1.807, 2.05) is 19.1 Å². The zero-order valence-electron chi connectivity index (χ0n) is 11.6. The van der Waals surface area contributed by atoms with Crippen LogP contribution in [0.25, 0.3) is 0 Å². The number of fused-ring (bicyclic) bond motifs is 1. The minimum Gasteiger partial charge on any atom is -0.397 e. The third-order valence-electron chi connectivity index (χ3n) is 3.62. The van der Waals surface area contributed by atoms with Gasteiger partial charge in [-0.05, 0) is 42.3 Å². The first-order chi connectivity index (χ1) is 10.0. The molecular formula is C16H16FN3O. The van der Waals surface area contributed by atoms with E-state index in [2.05, 4.69) is 10.6 Å². The molecule has 21 heavy (non-hydrogen) atoms. The Bertz CT molecular complexity index is 715. The number of nitrogen functional groups attached to an aromatic ring is 1. The lowest BCUT2D eigenvalue weighted by atomic mass is 10.1. The number of hydrogen-bond donors (Lipinski definition) is 3. The van der Waals surface area contributed by atoms with E-state index in [1.54, 1.807) is 12.1 Å². The van der Waals surface area contributed by atoms with Gasteiger partial charge in [0.15, 0.2) is 0 Å². The molecule has 0 radical (unpaired) electrons. The maximum Gasteiger partial charge on any atom is 0.228 e. The molecule has 2 aromatic rings. The van der Waals surface area contributed by atoms with E-state index in [-0.39, 0.29) is 17.8 Å². The fourth-order valence-corrected chi connectivity index (χ4v) is 2.51. The molecule has 1 heterocycles. The van der Waals surface area contributed by atoms with Gasteiger partial charge in [-0.25, -0.2) is 4.39 Å². The first kappa shape index (κ1) is 13.4. The molecule has 4 N–H and O–H groups in total. The Labute approximate surface area is 122 Å². The lowest BCUT2D eigenvalue weighted by Crippen LogP contribution is -2.09. The average molecular weight is 285 g/mol. The quantitative estimate of drug-likeness (QED) is 0.759. The van der Waals surface area contributed by atoms with Crippen molar-refractivity contribution in [2.75, 3.05) is 16.4 Å². The van der Waals surface area contributed by atoms with E-state index in [1.165, 1.54) is 12.1 Å². The Morgan fingerprint density at radius 3 is 2.90 bits per heavy atom. The predicted molar refractivity (Wildman–Crippen MR) is 81.6 cm³/mol. The van der Waals surface area contributed by atoms with E-state index < -0.39 is 0 Å². The lowest BCUT2D eigenvalue weighted by Gasteiger charge is -2.18. The second kappa shape index (κ2) is 5.09. The smallest absolute Gasteiger partial charge is 0.228 e. The summed E-state index contributed by atoms with van der Waals surface area (Å²) in [6, 6.07) is 9.96. The number of carbonyl (C=O) groups excluding carboxylic acids is 1. The maximum absolute atomic E-state index is 13.3. The van der Waals surface area contributed by atoms with Gasteiger partial charge < -0.3 is 16.4 Å². The van der Waals surface area contributed by atoms with Crippen molar-refractivity contribution in [1.82, 2.24) is 0 Å². The van der Waals surface area contributed by atoms with Crippen LogP contribution in [-0.4, -0.2) is 5.91 Å². The van der Waals surface area contributed by atoms with E-state index >= 15 is 0 Å². The van der Waals surface area contributed by atoms with E-state index in [4.69, 9.17) is 5.73 Å². The monoisotopic (exact) mass is 285 g/mol. The van der Waals surface area contributed by atoms with E-state index in [0.717, 1.165) is 22.5 Å². The zero-order valence-corrected chi connectivity index (χ0v) is 11.6. The van der Waals surface area contributed by atoms with Crippen LogP contribution in [0.1, 0.15) is 24.1 Å². The fourth-order valence-electron chi connectivity index (χ4n) is 2.51. The van der Waals surface area contributed by atoms with Crippen molar-refractivity contribution in [2.24, 2.45) is 0 Å². The normalized spacial score (nSPS) is 14.5. The standard InChI is InChI=1S/C16H16FN3O/c1-9(10-3-2-4-12(17)5-10)19-15-8-14-11(6-13(15)18)7-16(21)20-14/h2-6,8-9,19H,7,18H2,1H3,(H,20,21). The predicted octanol–water partition coefficient (Wildman–Crippen LogP) is 3.08. The summed E-state index contributed by atoms with van der Waals surface area (Å²) in [6.07, 6.45) is 0.360. The van der Waals surface area contributed by atoms with Crippen LogP contribution >= 0.6 is 0 Å². The Morgan fingerprint density at radius 2 is 2.14 bits per heavy atom. The number of benzene rings is 2. The molecule has 2 aromatic carbocycles. The molecular weight excluding hydrogens is 269 g/mol. The van der Waals surface area contributed by atoms with Crippen molar-refractivity contribution in [1.29, 1.82) is 0 Å². The Morgan fingerprint density at radius 1 is 1.33 bits per heavy atom. The van der Waals surface area contributed by atoms with Gasteiger partial charge in [-0.15, -0.1) is 0 Å². The minimum absolute atomic E-state index is 0.0280. The Hall–Kier alpha value is -2.56. The zero-order chi connectivity index (χ0) is 15.0. The number of hydrogen-bond acceptors (Lipinski definition) is 3. The summed E-state index contributed by atoms with van der Waals surface area (Å²) in [4.78, 5) is 11.4. The highest BCUT2D eigenvalue weighted by Gasteiger charge is 2.20. The van der Waals surface area contributed by atoms with Crippen LogP contribution in [0.15, 0.2) is 36.4 Å². The number of rotatable bonds is 3. The third-order valence-corrected chi connectivity index (χ3v) is 3.62. The van der Waals surface area contributed by atoms with Gasteiger partial charge >= 0.3 is 0 Å². The molecule has 1 aliphatic rings. The highest BCUT2D eigenvalue weighted by Crippen LogP contribution is 2.33. The van der Waals surface area contributed by atoms with Gasteiger partial charge in [-0.2, -0.15) is 0 Å². The van der Waals surface area contributed by atoms with Crippen molar-refractivity contribution >= 4 is 23.0 Å². The molecule has 1 amide bonds. The average Bonchev–Trinajstić information content (AvgIpc) is 2.78. The molecule has 0 aromatic heterocycles. The van der Waals surface area contributed by atoms with Crippen LogP contribution < -0.4 is 16.4 Å². The third kappa shape index (κ3) is 2.67. The van der Waals surface area contributed by atoms with Crippen LogP contribution in [0, 0.1) is 5.82 Å². The molecule has 0 saturated carbocycles. The Balaban J connectivity index is 1.85. The molecule has 108 valence electrons. The summed E-state index contributed by atoms with van der Waals surface area (Å²) in [5.41, 5.74) is 9.84. The molecule has 1 aliphatic heterocycles. The van der Waals surface area contributed by atoms with Gasteiger partial charge in [0.25, 0.3) is 0 Å². The van der Waals surface area contributed by atoms with Gasteiger partial charge in [0.1, 0.15) is 5.82 Å². The van der Waals surface area contributed by atoms with Crippen molar-refractivity contribution < 1.29 is 9.18 Å². The van der Waals surface area contributed by atoms with E-state index in [9.17, 15) is 9.18 Å². The van der Waals surface area contributed by atoms with Crippen molar-refractivity contribution in [3.63, 3.8) is 0 Å². The van der Waals surface area contributed by atoms with Crippen molar-refractivity contribution in [2.45, 2.75) is 19.4 Å². The van der Waals surface area contributed by atoms with Gasteiger partial charge in [-0.1, -0.05) is 12.1 Å². The maximum atomic E-state index is 13.3. The van der Waals surface area contributed by atoms with Crippen LogP contribution in [0.4, 0.5) is 21.5 Å². The second-order valence-electron chi connectivity index (χ2n) is 5.24. The summed E-state index contributed by atoms with van der Waals surface area (Å²) in [5, 5.41) is 6.05. The Kier molecular flexibility index (Phi) is 3.25. The number of halogens is 1. The molecule has 1 atom stereocenters. The fraction of sp³-hybridized carbons (Fsp3) is 0.188. The number of nitrogens with one attached hydrogen (secondary N) is 2. The summed E-state index contributed by atoms with van der Waals surface area (Å²) < 4.78 is 13.3. The van der Waals surface area contributed by atoms with Crippen LogP contribution in [-0.2, 0) is 11.2 Å². The van der Waals surface area contributed by atoms with Crippen LogP contribution in [0.3, 0.4) is 0 Å². The van der Waals surface area contributed by atoms with Gasteiger partial charge in [0, 0.05) is 11.7 Å². The summed E-state index contributed by atoms with van der Waals surface area (Å²) in [7, 11) is 0. The largest absolute Gasteiger partial charge is 0.397 e. The highest BCUT2D eigenvalue weighted by molar-refractivity contribution is 6.00.